The predicted molar refractivity (Wildman–Crippen MR) is 55.9 cm³/mol. The molecule has 5 nitrogen and oxygen atoms in total. The highest BCUT2D eigenvalue weighted by Crippen LogP contribution is 2.19. The Morgan fingerprint density at radius 3 is 2.94 bits per heavy atom. The van der Waals surface area contributed by atoms with Crippen molar-refractivity contribution in [2.24, 2.45) is 0 Å². The maximum Gasteiger partial charge on any atom is 0.213 e. The monoisotopic (exact) mass is 220 g/mol. The Labute approximate surface area is 92.7 Å². The topological polar surface area (TPSA) is 68.4 Å². The van der Waals surface area contributed by atoms with Gasteiger partial charge in [0.05, 0.1) is 0 Å². The average molecular weight is 220 g/mol. The minimum Gasteiger partial charge on any atom is -0.485 e. The van der Waals surface area contributed by atoms with Gasteiger partial charge in [0.1, 0.15) is 5.75 Å². The minimum atomic E-state index is 0.0998. The first-order chi connectivity index (χ1) is 7.90. The fourth-order valence-corrected chi connectivity index (χ4v) is 1.37. The molecule has 1 heterocycles. The van der Waals surface area contributed by atoms with Gasteiger partial charge in [0.2, 0.25) is 12.2 Å². The van der Waals surface area contributed by atoms with Crippen molar-refractivity contribution in [2.45, 2.75) is 13.0 Å². The Balaban J connectivity index is 2.03. The molecule has 0 atom stereocenters. The SMILES string of the molecule is OCCc1ccccc1OCc1ncon1. The third-order valence-electron chi connectivity index (χ3n) is 2.12. The average Bonchev–Trinajstić information content (AvgIpc) is 2.81. The van der Waals surface area contributed by atoms with Crippen LogP contribution in [0, 0.1) is 0 Å². The van der Waals surface area contributed by atoms with E-state index in [2.05, 4.69) is 14.7 Å². The van der Waals surface area contributed by atoms with Gasteiger partial charge < -0.3 is 14.4 Å². The summed E-state index contributed by atoms with van der Waals surface area (Å²) in [5.41, 5.74) is 0.966. The third kappa shape index (κ3) is 2.58. The molecule has 0 unspecified atom stereocenters. The largest absolute Gasteiger partial charge is 0.485 e. The number of para-hydroxylation sites is 1. The summed E-state index contributed by atoms with van der Waals surface area (Å²) >= 11 is 0. The van der Waals surface area contributed by atoms with Gasteiger partial charge >= 0.3 is 0 Å². The molecule has 0 saturated carbocycles. The molecule has 0 aliphatic rings. The number of aliphatic hydroxyl groups excluding tert-OH is 1. The van der Waals surface area contributed by atoms with Crippen molar-refractivity contribution in [1.82, 2.24) is 10.1 Å². The predicted octanol–water partition coefficient (Wildman–Crippen LogP) is 1.18. The number of benzene rings is 1. The molecule has 0 amide bonds. The molecule has 0 fully saturated rings. The molecule has 0 radical (unpaired) electrons. The Kier molecular flexibility index (Phi) is 3.50. The van der Waals surface area contributed by atoms with E-state index in [1.54, 1.807) is 0 Å². The molecule has 84 valence electrons. The van der Waals surface area contributed by atoms with E-state index in [1.807, 2.05) is 24.3 Å². The van der Waals surface area contributed by atoms with Crippen molar-refractivity contribution in [3.63, 3.8) is 0 Å². The van der Waals surface area contributed by atoms with E-state index < -0.39 is 0 Å². The van der Waals surface area contributed by atoms with Crippen LogP contribution in [0.15, 0.2) is 35.2 Å². The highest BCUT2D eigenvalue weighted by molar-refractivity contribution is 5.33. The van der Waals surface area contributed by atoms with Crippen LogP contribution in [-0.2, 0) is 13.0 Å². The van der Waals surface area contributed by atoms with Gasteiger partial charge in [-0.1, -0.05) is 23.4 Å². The summed E-state index contributed by atoms with van der Waals surface area (Å²) < 4.78 is 10.1. The molecule has 2 rings (SSSR count). The third-order valence-corrected chi connectivity index (χ3v) is 2.12. The molecule has 0 aliphatic heterocycles. The van der Waals surface area contributed by atoms with Crippen molar-refractivity contribution in [2.75, 3.05) is 6.61 Å². The number of nitrogens with zero attached hydrogens (tertiary/aromatic N) is 2. The number of hydrogen-bond acceptors (Lipinski definition) is 5. The lowest BCUT2D eigenvalue weighted by Gasteiger charge is -2.08. The minimum absolute atomic E-state index is 0.0998. The van der Waals surface area contributed by atoms with Gasteiger partial charge in [-0.05, 0) is 18.1 Å². The molecule has 1 N–H and O–H groups in total. The molecule has 0 spiro atoms. The van der Waals surface area contributed by atoms with Gasteiger partial charge in [0, 0.05) is 6.61 Å². The molecule has 1 aromatic carbocycles. The molecule has 2 aromatic rings. The van der Waals surface area contributed by atoms with Gasteiger partial charge in [-0.2, -0.15) is 4.98 Å². The molecule has 16 heavy (non-hydrogen) atoms. The first kappa shape index (κ1) is 10.6. The fraction of sp³-hybridized carbons (Fsp3) is 0.273. The van der Waals surface area contributed by atoms with Crippen LogP contribution < -0.4 is 4.74 Å². The molecule has 1 aromatic heterocycles. The normalized spacial score (nSPS) is 10.3. The Hall–Kier alpha value is -1.88. The zero-order chi connectivity index (χ0) is 11.2. The van der Waals surface area contributed by atoms with Crippen molar-refractivity contribution < 1.29 is 14.4 Å². The van der Waals surface area contributed by atoms with Crippen LogP contribution in [-0.4, -0.2) is 21.9 Å². The summed E-state index contributed by atoms with van der Waals surface area (Å²) in [6, 6.07) is 7.56. The number of aliphatic hydroxyl groups is 1. The number of hydrogen-bond donors (Lipinski definition) is 1. The molecule has 0 bridgehead atoms. The van der Waals surface area contributed by atoms with Gasteiger partial charge in [0.15, 0.2) is 6.61 Å². The molecule has 0 aliphatic carbocycles. The van der Waals surface area contributed by atoms with Crippen molar-refractivity contribution in [1.29, 1.82) is 0 Å². The lowest BCUT2D eigenvalue weighted by atomic mass is 10.1. The number of rotatable bonds is 5. The smallest absolute Gasteiger partial charge is 0.213 e. The first-order valence-corrected chi connectivity index (χ1v) is 4.97. The van der Waals surface area contributed by atoms with Crippen molar-refractivity contribution >= 4 is 0 Å². The fourth-order valence-electron chi connectivity index (χ4n) is 1.37. The molecular weight excluding hydrogens is 208 g/mol. The highest BCUT2D eigenvalue weighted by Gasteiger charge is 2.04. The Morgan fingerprint density at radius 1 is 1.31 bits per heavy atom. The van der Waals surface area contributed by atoms with E-state index in [9.17, 15) is 0 Å². The van der Waals surface area contributed by atoms with E-state index in [1.165, 1.54) is 6.39 Å². The quantitative estimate of drug-likeness (QED) is 0.819. The van der Waals surface area contributed by atoms with E-state index in [0.29, 0.717) is 12.2 Å². The molecule has 0 saturated heterocycles. The van der Waals surface area contributed by atoms with E-state index in [-0.39, 0.29) is 13.2 Å². The second-order valence-corrected chi connectivity index (χ2v) is 3.22. The van der Waals surface area contributed by atoms with Crippen LogP contribution in [0.2, 0.25) is 0 Å². The van der Waals surface area contributed by atoms with Crippen molar-refractivity contribution in [3.8, 4) is 5.75 Å². The first-order valence-electron chi connectivity index (χ1n) is 4.97. The summed E-state index contributed by atoms with van der Waals surface area (Å²) in [4.78, 5) is 3.85. The van der Waals surface area contributed by atoms with Gasteiger partial charge in [-0.15, -0.1) is 0 Å². The Morgan fingerprint density at radius 2 is 2.19 bits per heavy atom. The zero-order valence-electron chi connectivity index (χ0n) is 8.67. The van der Waals surface area contributed by atoms with Crippen molar-refractivity contribution in [3.05, 3.63) is 42.0 Å². The van der Waals surface area contributed by atoms with Gasteiger partial charge in [-0.3, -0.25) is 0 Å². The van der Waals surface area contributed by atoms with E-state index >= 15 is 0 Å². The second kappa shape index (κ2) is 5.27. The maximum absolute atomic E-state index is 8.90. The van der Waals surface area contributed by atoms with E-state index in [4.69, 9.17) is 9.84 Å². The summed E-state index contributed by atoms with van der Waals surface area (Å²) in [6.45, 7) is 0.363. The maximum atomic E-state index is 8.90. The lowest BCUT2D eigenvalue weighted by molar-refractivity contribution is 0.274. The van der Waals surface area contributed by atoms with Crippen LogP contribution in [0.5, 0.6) is 5.75 Å². The van der Waals surface area contributed by atoms with Crippen LogP contribution in [0.4, 0.5) is 0 Å². The summed E-state index contributed by atoms with van der Waals surface area (Å²) in [5.74, 6) is 1.24. The Bertz CT molecular complexity index is 429. The molecular formula is C11H12N2O3. The van der Waals surface area contributed by atoms with Crippen LogP contribution in [0.1, 0.15) is 11.4 Å². The van der Waals surface area contributed by atoms with Crippen LogP contribution in [0.3, 0.4) is 0 Å². The van der Waals surface area contributed by atoms with E-state index in [0.717, 1.165) is 11.3 Å². The molecule has 5 heteroatoms. The summed E-state index contributed by atoms with van der Waals surface area (Å²) in [6.07, 6.45) is 1.83. The number of ether oxygens (including phenoxy) is 1. The number of aromatic nitrogens is 2. The van der Waals surface area contributed by atoms with Crippen LogP contribution in [0.25, 0.3) is 0 Å². The highest BCUT2D eigenvalue weighted by atomic mass is 16.5. The van der Waals surface area contributed by atoms with Gasteiger partial charge in [0.25, 0.3) is 0 Å². The van der Waals surface area contributed by atoms with Crippen LogP contribution >= 0.6 is 0 Å². The second-order valence-electron chi connectivity index (χ2n) is 3.22. The van der Waals surface area contributed by atoms with Gasteiger partial charge in [-0.25, -0.2) is 0 Å². The standard InChI is InChI=1S/C11H12N2O3/c14-6-5-9-3-1-2-4-10(9)15-7-11-12-8-16-13-11/h1-4,8,14H,5-7H2. The summed E-state index contributed by atoms with van der Waals surface area (Å²) in [5, 5.41) is 12.5. The lowest BCUT2D eigenvalue weighted by Crippen LogP contribution is -2.01. The summed E-state index contributed by atoms with van der Waals surface area (Å²) in [7, 11) is 0. The zero-order valence-corrected chi connectivity index (χ0v) is 8.67.